The van der Waals surface area contributed by atoms with Crippen molar-refractivity contribution in [2.75, 3.05) is 10.6 Å². The number of Topliss-reactive ketones (excluding diaryl/α,β-unsaturated/α-hetero) is 1. The number of halogens is 1. The van der Waals surface area contributed by atoms with Gasteiger partial charge in [0, 0.05) is 22.9 Å². The maximum absolute atomic E-state index is 13.9. The molecule has 5 heteroatoms. The second kappa shape index (κ2) is 6.91. The third kappa shape index (κ3) is 3.02. The van der Waals surface area contributed by atoms with Gasteiger partial charge in [0.05, 0.1) is 23.3 Å². The molecule has 1 aliphatic heterocycles. The lowest BCUT2D eigenvalue weighted by Crippen LogP contribution is -2.33. The largest absolute Gasteiger partial charge is 0.375 e. The summed E-state index contributed by atoms with van der Waals surface area (Å²) in [6, 6.07) is 18.2. The third-order valence-corrected chi connectivity index (χ3v) is 6.45. The van der Waals surface area contributed by atoms with Crippen LogP contribution in [-0.4, -0.2) is 5.78 Å². The Kier molecular flexibility index (Phi) is 4.24. The number of hydrogen-bond donors (Lipinski definition) is 2. The van der Waals surface area contributed by atoms with Crippen LogP contribution < -0.4 is 10.6 Å². The summed E-state index contributed by atoms with van der Waals surface area (Å²) in [4.78, 5) is 14.5. The van der Waals surface area contributed by atoms with E-state index in [1.807, 2.05) is 41.8 Å². The molecule has 3 nitrogen and oxygen atoms in total. The molecule has 2 heterocycles. The lowest BCUT2D eigenvalue weighted by molar-refractivity contribution is -0.122. The number of thiophene rings is 1. The highest BCUT2D eigenvalue weighted by atomic mass is 32.1. The van der Waals surface area contributed by atoms with Crippen molar-refractivity contribution in [2.45, 2.75) is 18.4 Å². The lowest BCUT2D eigenvalue weighted by atomic mass is 9.78. The summed E-state index contributed by atoms with van der Waals surface area (Å²) in [5.74, 6) is -0.442. The highest BCUT2D eigenvalue weighted by Crippen LogP contribution is 2.44. The fraction of sp³-hybridized carbons (Fsp3) is 0.174. The molecule has 2 aliphatic rings. The first-order valence-electron chi connectivity index (χ1n) is 9.35. The molecule has 2 N–H and O–H groups in total. The second-order valence-corrected chi connectivity index (χ2v) is 8.22. The normalized spacial score (nSPS) is 23.5. The van der Waals surface area contributed by atoms with Crippen molar-refractivity contribution in [3.8, 4) is 0 Å². The van der Waals surface area contributed by atoms with Crippen LogP contribution in [-0.2, 0) is 4.79 Å². The topological polar surface area (TPSA) is 41.1 Å². The number of carbonyl (C=O) groups is 1. The first-order chi connectivity index (χ1) is 13.7. The van der Waals surface area contributed by atoms with E-state index < -0.39 is 0 Å². The van der Waals surface area contributed by atoms with Gasteiger partial charge in [-0.25, -0.2) is 4.39 Å². The molecule has 0 amide bonds. The fourth-order valence-electron chi connectivity index (χ4n) is 4.17. The predicted molar refractivity (Wildman–Crippen MR) is 111 cm³/mol. The minimum Gasteiger partial charge on any atom is -0.375 e. The van der Waals surface area contributed by atoms with Gasteiger partial charge in [-0.1, -0.05) is 36.4 Å². The molecule has 28 heavy (non-hydrogen) atoms. The van der Waals surface area contributed by atoms with E-state index in [0.29, 0.717) is 6.42 Å². The first kappa shape index (κ1) is 17.2. The van der Waals surface area contributed by atoms with Crippen molar-refractivity contribution < 1.29 is 9.18 Å². The molecule has 1 aliphatic carbocycles. The summed E-state index contributed by atoms with van der Waals surface area (Å²) in [5.41, 5.74) is 3.50. The van der Waals surface area contributed by atoms with Crippen molar-refractivity contribution in [1.29, 1.82) is 0 Å². The summed E-state index contributed by atoms with van der Waals surface area (Å²) in [6.07, 6.45) is 2.63. The maximum Gasteiger partial charge on any atom is 0.145 e. The molecule has 1 aromatic heterocycles. The molecular weight excluding hydrogens is 371 g/mol. The average molecular weight is 390 g/mol. The number of rotatable bonds is 2. The Bertz CT molecular complexity index is 1060. The SMILES string of the molecule is O=C1CC(c2cccs2)C=C2Nc3ccccc3NC(c3cccc(F)c3)C12. The summed E-state index contributed by atoms with van der Waals surface area (Å²) in [7, 11) is 0. The molecule has 3 atom stereocenters. The van der Waals surface area contributed by atoms with Crippen LogP contribution in [0.5, 0.6) is 0 Å². The van der Waals surface area contributed by atoms with Gasteiger partial charge in [0.2, 0.25) is 0 Å². The van der Waals surface area contributed by atoms with E-state index >= 15 is 0 Å². The fourth-order valence-corrected chi connectivity index (χ4v) is 4.96. The number of fused-ring (bicyclic) bond motifs is 2. The van der Waals surface area contributed by atoms with Gasteiger partial charge in [-0.15, -0.1) is 11.3 Å². The molecule has 0 radical (unpaired) electrons. The Hall–Kier alpha value is -2.92. The number of allylic oxidation sites excluding steroid dienone is 1. The summed E-state index contributed by atoms with van der Waals surface area (Å²) in [5, 5.41) is 9.02. The van der Waals surface area contributed by atoms with Gasteiger partial charge < -0.3 is 10.6 Å². The molecule has 3 aromatic rings. The first-order valence-corrected chi connectivity index (χ1v) is 10.2. The Labute approximate surface area is 166 Å². The van der Waals surface area contributed by atoms with Crippen molar-refractivity contribution >= 4 is 28.5 Å². The highest BCUT2D eigenvalue weighted by Gasteiger charge is 2.40. The maximum atomic E-state index is 13.9. The number of benzene rings is 2. The minimum absolute atomic E-state index is 0.0738. The number of carbonyl (C=O) groups excluding carboxylic acids is 1. The highest BCUT2D eigenvalue weighted by molar-refractivity contribution is 7.10. The van der Waals surface area contributed by atoms with E-state index in [0.717, 1.165) is 22.6 Å². The van der Waals surface area contributed by atoms with Gasteiger partial charge >= 0.3 is 0 Å². The molecular formula is C23H19FN2OS. The zero-order valence-corrected chi connectivity index (χ0v) is 15.9. The van der Waals surface area contributed by atoms with Crippen LogP contribution in [0.3, 0.4) is 0 Å². The average Bonchev–Trinajstić information content (AvgIpc) is 3.17. The van der Waals surface area contributed by atoms with Gasteiger partial charge in [0.25, 0.3) is 0 Å². The second-order valence-electron chi connectivity index (χ2n) is 7.24. The van der Waals surface area contributed by atoms with Crippen molar-refractivity contribution in [3.63, 3.8) is 0 Å². The quantitative estimate of drug-likeness (QED) is 0.588. The van der Waals surface area contributed by atoms with Crippen molar-refractivity contribution in [2.24, 2.45) is 5.92 Å². The standard InChI is InChI=1S/C23H19FN2OS/c24-16-6-3-5-14(11-16)23-22-19(25-17-7-1-2-8-18(17)26-23)12-15(13-20(22)27)21-9-4-10-28-21/h1-12,15,22-23,25-26H,13H2. The van der Waals surface area contributed by atoms with E-state index in [1.165, 1.54) is 17.0 Å². The zero-order valence-electron chi connectivity index (χ0n) is 15.1. The Morgan fingerprint density at radius 2 is 1.86 bits per heavy atom. The molecule has 0 saturated heterocycles. The van der Waals surface area contributed by atoms with E-state index in [-0.39, 0.29) is 29.5 Å². The molecule has 0 bridgehead atoms. The number of anilines is 2. The van der Waals surface area contributed by atoms with Gasteiger partial charge in [0.1, 0.15) is 11.6 Å². The van der Waals surface area contributed by atoms with Crippen LogP contribution in [0.1, 0.15) is 28.8 Å². The molecule has 0 fully saturated rings. The number of ketones is 1. The zero-order chi connectivity index (χ0) is 19.1. The summed E-state index contributed by atoms with van der Waals surface area (Å²) >= 11 is 1.67. The number of nitrogens with one attached hydrogen (secondary N) is 2. The van der Waals surface area contributed by atoms with Gasteiger partial charge in [-0.05, 0) is 41.3 Å². The molecule has 0 spiro atoms. The number of hydrogen-bond acceptors (Lipinski definition) is 4. The molecule has 2 aromatic carbocycles. The van der Waals surface area contributed by atoms with Crippen LogP contribution >= 0.6 is 11.3 Å². The Morgan fingerprint density at radius 3 is 2.64 bits per heavy atom. The van der Waals surface area contributed by atoms with E-state index in [2.05, 4.69) is 22.8 Å². The van der Waals surface area contributed by atoms with E-state index in [1.54, 1.807) is 17.4 Å². The van der Waals surface area contributed by atoms with Crippen LogP contribution in [0.25, 0.3) is 0 Å². The molecule has 3 unspecified atom stereocenters. The van der Waals surface area contributed by atoms with Gasteiger partial charge in [0.15, 0.2) is 0 Å². The Morgan fingerprint density at radius 1 is 1.00 bits per heavy atom. The van der Waals surface area contributed by atoms with Crippen LogP contribution in [0.15, 0.2) is 77.8 Å². The molecule has 0 saturated carbocycles. The molecule has 5 rings (SSSR count). The van der Waals surface area contributed by atoms with Crippen LogP contribution in [0.2, 0.25) is 0 Å². The van der Waals surface area contributed by atoms with Crippen LogP contribution in [0, 0.1) is 11.7 Å². The Balaban J connectivity index is 1.64. The van der Waals surface area contributed by atoms with Crippen molar-refractivity contribution in [1.82, 2.24) is 0 Å². The summed E-state index contributed by atoms with van der Waals surface area (Å²) in [6.45, 7) is 0. The smallest absolute Gasteiger partial charge is 0.145 e. The van der Waals surface area contributed by atoms with Crippen LogP contribution in [0.4, 0.5) is 15.8 Å². The minimum atomic E-state index is -0.384. The summed E-state index contributed by atoms with van der Waals surface area (Å²) < 4.78 is 13.9. The van der Waals surface area contributed by atoms with Gasteiger partial charge in [-0.2, -0.15) is 0 Å². The van der Waals surface area contributed by atoms with E-state index in [4.69, 9.17) is 0 Å². The van der Waals surface area contributed by atoms with Gasteiger partial charge in [-0.3, -0.25) is 4.79 Å². The predicted octanol–water partition coefficient (Wildman–Crippen LogP) is 5.72. The lowest BCUT2D eigenvalue weighted by Gasteiger charge is -2.32. The monoisotopic (exact) mass is 390 g/mol. The third-order valence-electron chi connectivity index (χ3n) is 5.45. The van der Waals surface area contributed by atoms with E-state index in [9.17, 15) is 9.18 Å². The molecule has 140 valence electrons. The number of para-hydroxylation sites is 2. The van der Waals surface area contributed by atoms with Crippen molar-refractivity contribution in [3.05, 3.63) is 94.1 Å².